The van der Waals surface area contributed by atoms with Crippen molar-refractivity contribution >= 4 is 12.0 Å². The molecule has 1 atom stereocenters. The molecular formula is C12H18N2O4. The molecule has 1 heterocycles. The van der Waals surface area contributed by atoms with E-state index in [2.05, 4.69) is 15.4 Å². The first-order chi connectivity index (χ1) is 8.54. The summed E-state index contributed by atoms with van der Waals surface area (Å²) in [5.41, 5.74) is 0. The highest BCUT2D eigenvalue weighted by Gasteiger charge is 2.24. The van der Waals surface area contributed by atoms with Crippen LogP contribution in [0.5, 0.6) is 0 Å². The zero-order valence-electron chi connectivity index (χ0n) is 10.7. The number of urea groups is 1. The van der Waals surface area contributed by atoms with Crippen molar-refractivity contribution in [2.45, 2.75) is 26.4 Å². The summed E-state index contributed by atoms with van der Waals surface area (Å²) in [7, 11) is 1.29. The Kier molecular flexibility index (Phi) is 5.23. The third-order valence-corrected chi connectivity index (χ3v) is 2.41. The van der Waals surface area contributed by atoms with Crippen molar-refractivity contribution < 1.29 is 18.7 Å². The Bertz CT molecular complexity index is 387. The van der Waals surface area contributed by atoms with Gasteiger partial charge in [-0.15, -0.1) is 0 Å². The Morgan fingerprint density at radius 3 is 2.67 bits per heavy atom. The van der Waals surface area contributed by atoms with Crippen LogP contribution in [-0.2, 0) is 16.1 Å². The van der Waals surface area contributed by atoms with Gasteiger partial charge in [0.05, 0.1) is 19.9 Å². The number of methoxy groups -OCH3 is 1. The maximum atomic E-state index is 11.6. The van der Waals surface area contributed by atoms with Crippen molar-refractivity contribution in [2.75, 3.05) is 7.11 Å². The molecule has 2 N–H and O–H groups in total. The van der Waals surface area contributed by atoms with E-state index in [1.807, 2.05) is 13.8 Å². The fourth-order valence-corrected chi connectivity index (χ4v) is 1.40. The van der Waals surface area contributed by atoms with Crippen molar-refractivity contribution in [1.29, 1.82) is 0 Å². The minimum absolute atomic E-state index is 0.0492. The van der Waals surface area contributed by atoms with Crippen LogP contribution >= 0.6 is 0 Å². The van der Waals surface area contributed by atoms with Gasteiger partial charge < -0.3 is 19.8 Å². The van der Waals surface area contributed by atoms with Crippen LogP contribution in [0, 0.1) is 5.92 Å². The fraction of sp³-hybridized carbons (Fsp3) is 0.500. The molecule has 0 saturated heterocycles. The lowest BCUT2D eigenvalue weighted by Gasteiger charge is -2.19. The molecule has 100 valence electrons. The summed E-state index contributed by atoms with van der Waals surface area (Å²) in [6.07, 6.45) is 1.53. The molecule has 2 amide bonds. The van der Waals surface area contributed by atoms with E-state index in [1.54, 1.807) is 12.1 Å². The van der Waals surface area contributed by atoms with E-state index in [-0.39, 0.29) is 12.5 Å². The van der Waals surface area contributed by atoms with Crippen LogP contribution in [0.1, 0.15) is 19.6 Å². The molecule has 0 aliphatic carbocycles. The standard InChI is InChI=1S/C12H18N2O4/c1-8(2)10(11(15)17-3)14-12(16)13-7-9-5-4-6-18-9/h4-6,8,10H,7H2,1-3H3,(H2,13,14,16)/t10-/m1/s1. The van der Waals surface area contributed by atoms with Crippen molar-refractivity contribution in [3.8, 4) is 0 Å². The minimum atomic E-state index is -0.661. The maximum absolute atomic E-state index is 11.6. The van der Waals surface area contributed by atoms with Gasteiger partial charge in [0, 0.05) is 0 Å². The SMILES string of the molecule is COC(=O)[C@H](NC(=O)NCc1ccco1)C(C)C. The van der Waals surface area contributed by atoms with Crippen molar-refractivity contribution in [2.24, 2.45) is 5.92 Å². The summed E-state index contributed by atoms with van der Waals surface area (Å²) in [5.74, 6) is 0.134. The lowest BCUT2D eigenvalue weighted by atomic mass is 10.1. The molecule has 0 unspecified atom stereocenters. The number of carbonyl (C=O) groups is 2. The zero-order chi connectivity index (χ0) is 13.5. The van der Waals surface area contributed by atoms with Gasteiger partial charge in [0.2, 0.25) is 0 Å². The quantitative estimate of drug-likeness (QED) is 0.775. The number of ether oxygens (including phenoxy) is 1. The Balaban J connectivity index is 2.44. The van der Waals surface area contributed by atoms with E-state index < -0.39 is 18.0 Å². The van der Waals surface area contributed by atoms with Crippen LogP contribution in [0.4, 0.5) is 4.79 Å². The third-order valence-electron chi connectivity index (χ3n) is 2.41. The van der Waals surface area contributed by atoms with Crippen LogP contribution < -0.4 is 10.6 Å². The first kappa shape index (κ1) is 14.1. The second kappa shape index (κ2) is 6.68. The highest BCUT2D eigenvalue weighted by atomic mass is 16.5. The second-order valence-corrected chi connectivity index (χ2v) is 4.15. The van der Waals surface area contributed by atoms with E-state index in [9.17, 15) is 9.59 Å². The van der Waals surface area contributed by atoms with Gasteiger partial charge in [0.25, 0.3) is 0 Å². The molecular weight excluding hydrogens is 236 g/mol. The number of amides is 2. The van der Waals surface area contributed by atoms with Crippen LogP contribution in [0.15, 0.2) is 22.8 Å². The first-order valence-corrected chi connectivity index (χ1v) is 5.69. The maximum Gasteiger partial charge on any atom is 0.328 e. The lowest BCUT2D eigenvalue weighted by Crippen LogP contribution is -2.48. The molecule has 1 aromatic heterocycles. The van der Waals surface area contributed by atoms with Gasteiger partial charge in [-0.2, -0.15) is 0 Å². The smallest absolute Gasteiger partial charge is 0.328 e. The number of hydrogen-bond acceptors (Lipinski definition) is 4. The molecule has 0 saturated carbocycles. The molecule has 1 rings (SSSR count). The predicted octanol–water partition coefficient (Wildman–Crippen LogP) is 1.28. The summed E-state index contributed by atoms with van der Waals surface area (Å²) >= 11 is 0. The molecule has 1 aromatic rings. The largest absolute Gasteiger partial charge is 0.467 e. The van der Waals surface area contributed by atoms with Gasteiger partial charge >= 0.3 is 12.0 Å². The highest BCUT2D eigenvalue weighted by Crippen LogP contribution is 2.03. The number of rotatable bonds is 5. The monoisotopic (exact) mass is 254 g/mol. The van der Waals surface area contributed by atoms with Crippen LogP contribution in [0.25, 0.3) is 0 Å². The summed E-state index contributed by atoms with van der Waals surface area (Å²) in [5, 5.41) is 5.16. The number of carbonyl (C=O) groups excluding carboxylic acids is 2. The van der Waals surface area contributed by atoms with Crippen LogP contribution in [0.3, 0.4) is 0 Å². The number of furan rings is 1. The van der Waals surface area contributed by atoms with Crippen molar-refractivity contribution in [3.05, 3.63) is 24.2 Å². The van der Waals surface area contributed by atoms with Gasteiger partial charge in [0.15, 0.2) is 0 Å². The van der Waals surface area contributed by atoms with Crippen molar-refractivity contribution in [1.82, 2.24) is 10.6 Å². The molecule has 0 bridgehead atoms. The predicted molar refractivity (Wildman–Crippen MR) is 64.7 cm³/mol. The Morgan fingerprint density at radius 2 is 2.17 bits per heavy atom. The van der Waals surface area contributed by atoms with Gasteiger partial charge in [0.1, 0.15) is 11.8 Å². The topological polar surface area (TPSA) is 80.6 Å². The highest BCUT2D eigenvalue weighted by molar-refractivity contribution is 5.83. The molecule has 6 nitrogen and oxygen atoms in total. The van der Waals surface area contributed by atoms with Gasteiger partial charge in [-0.1, -0.05) is 13.8 Å². The first-order valence-electron chi connectivity index (χ1n) is 5.69. The molecule has 18 heavy (non-hydrogen) atoms. The zero-order valence-corrected chi connectivity index (χ0v) is 10.7. The number of hydrogen-bond donors (Lipinski definition) is 2. The summed E-state index contributed by atoms with van der Waals surface area (Å²) in [4.78, 5) is 23.0. The Morgan fingerprint density at radius 1 is 1.44 bits per heavy atom. The van der Waals surface area contributed by atoms with Crippen LogP contribution in [-0.4, -0.2) is 25.2 Å². The Hall–Kier alpha value is -1.98. The van der Waals surface area contributed by atoms with E-state index in [0.29, 0.717) is 5.76 Å². The van der Waals surface area contributed by atoms with Gasteiger partial charge in [-0.3, -0.25) is 0 Å². The molecule has 0 spiro atoms. The molecule has 6 heteroatoms. The summed E-state index contributed by atoms with van der Waals surface area (Å²) in [6, 6.07) is 2.39. The van der Waals surface area contributed by atoms with Crippen molar-refractivity contribution in [3.63, 3.8) is 0 Å². The second-order valence-electron chi connectivity index (χ2n) is 4.15. The Labute approximate surface area is 106 Å². The molecule has 0 aliphatic rings. The summed E-state index contributed by atoms with van der Waals surface area (Å²) < 4.78 is 9.70. The summed E-state index contributed by atoms with van der Waals surface area (Å²) in [6.45, 7) is 3.92. The van der Waals surface area contributed by atoms with E-state index in [1.165, 1.54) is 13.4 Å². The average Bonchev–Trinajstić information content (AvgIpc) is 2.85. The van der Waals surface area contributed by atoms with E-state index in [4.69, 9.17) is 4.42 Å². The molecule has 0 fully saturated rings. The third kappa shape index (κ3) is 4.12. The molecule has 0 aromatic carbocycles. The minimum Gasteiger partial charge on any atom is -0.467 e. The number of nitrogens with one attached hydrogen (secondary N) is 2. The lowest BCUT2D eigenvalue weighted by molar-refractivity contribution is -0.143. The molecule has 0 aliphatic heterocycles. The molecule has 0 radical (unpaired) electrons. The normalized spacial score (nSPS) is 12.0. The van der Waals surface area contributed by atoms with E-state index in [0.717, 1.165) is 0 Å². The fourth-order valence-electron chi connectivity index (χ4n) is 1.40. The number of esters is 1. The van der Waals surface area contributed by atoms with Gasteiger partial charge in [-0.05, 0) is 18.1 Å². The van der Waals surface area contributed by atoms with E-state index >= 15 is 0 Å². The van der Waals surface area contributed by atoms with Crippen LogP contribution in [0.2, 0.25) is 0 Å². The van der Waals surface area contributed by atoms with Gasteiger partial charge in [-0.25, -0.2) is 9.59 Å². The average molecular weight is 254 g/mol.